The van der Waals surface area contributed by atoms with Gasteiger partial charge in [0.2, 0.25) is 0 Å². The first-order valence-corrected chi connectivity index (χ1v) is 4.83. The van der Waals surface area contributed by atoms with E-state index in [4.69, 9.17) is 5.73 Å². The molecule has 2 N–H and O–H groups in total. The predicted molar refractivity (Wildman–Crippen MR) is 60.2 cm³/mol. The molecule has 2 heteroatoms. The van der Waals surface area contributed by atoms with E-state index in [0.29, 0.717) is 11.7 Å². The molecule has 1 aromatic carbocycles. The summed E-state index contributed by atoms with van der Waals surface area (Å²) in [5.41, 5.74) is 7.97. The molecule has 0 fully saturated rings. The van der Waals surface area contributed by atoms with Crippen LogP contribution in [0.4, 0.5) is 5.82 Å². The molecule has 2 nitrogen and oxygen atoms in total. The Bertz CT molecular complexity index is 461. The van der Waals surface area contributed by atoms with Crippen LogP contribution < -0.4 is 5.73 Å². The summed E-state index contributed by atoms with van der Waals surface area (Å²) in [5, 5.41) is 1.16. The van der Waals surface area contributed by atoms with E-state index in [1.54, 1.807) is 0 Å². The van der Waals surface area contributed by atoms with Gasteiger partial charge in [0.25, 0.3) is 0 Å². The van der Waals surface area contributed by atoms with Gasteiger partial charge in [-0.3, -0.25) is 0 Å². The van der Waals surface area contributed by atoms with E-state index in [-0.39, 0.29) is 0 Å². The molecule has 0 spiro atoms. The summed E-state index contributed by atoms with van der Waals surface area (Å²) >= 11 is 0. The summed E-state index contributed by atoms with van der Waals surface area (Å²) in [6.07, 6.45) is 0. The monoisotopic (exact) mass is 186 g/mol. The maximum absolute atomic E-state index is 5.68. The highest BCUT2D eigenvalue weighted by Gasteiger charge is 2.05. The summed E-state index contributed by atoms with van der Waals surface area (Å²) in [6.45, 7) is 4.33. The van der Waals surface area contributed by atoms with Crippen molar-refractivity contribution < 1.29 is 0 Å². The Balaban J connectivity index is 2.77. The van der Waals surface area contributed by atoms with Gasteiger partial charge in [-0.05, 0) is 23.6 Å². The van der Waals surface area contributed by atoms with Gasteiger partial charge in [-0.15, -0.1) is 0 Å². The molecule has 1 heterocycles. The number of fused-ring (bicyclic) bond motifs is 1. The van der Waals surface area contributed by atoms with Crippen LogP contribution in [0, 0.1) is 0 Å². The van der Waals surface area contributed by atoms with Gasteiger partial charge in [0.15, 0.2) is 0 Å². The topological polar surface area (TPSA) is 38.9 Å². The fourth-order valence-corrected chi connectivity index (χ4v) is 1.65. The Hall–Kier alpha value is -1.57. The first kappa shape index (κ1) is 9.00. The minimum absolute atomic E-state index is 0.480. The summed E-state index contributed by atoms with van der Waals surface area (Å²) < 4.78 is 0. The smallest absolute Gasteiger partial charge is 0.124 e. The van der Waals surface area contributed by atoms with Crippen molar-refractivity contribution >= 4 is 16.7 Å². The van der Waals surface area contributed by atoms with Gasteiger partial charge in [-0.25, -0.2) is 4.98 Å². The lowest BCUT2D eigenvalue weighted by molar-refractivity contribution is 0.873. The summed E-state index contributed by atoms with van der Waals surface area (Å²) in [5.74, 6) is 1.07. The van der Waals surface area contributed by atoms with Gasteiger partial charge < -0.3 is 5.73 Å². The lowest BCUT2D eigenvalue weighted by atomic mass is 10.00. The van der Waals surface area contributed by atoms with Crippen molar-refractivity contribution in [2.75, 3.05) is 5.73 Å². The molecule has 0 amide bonds. The molecule has 14 heavy (non-hydrogen) atoms. The highest BCUT2D eigenvalue weighted by molar-refractivity contribution is 5.83. The second-order valence-corrected chi connectivity index (χ2v) is 3.81. The first-order chi connectivity index (χ1) is 6.68. The van der Waals surface area contributed by atoms with Crippen LogP contribution in [0.3, 0.4) is 0 Å². The zero-order chi connectivity index (χ0) is 10.1. The van der Waals surface area contributed by atoms with Crippen molar-refractivity contribution in [2.24, 2.45) is 0 Å². The molecule has 2 rings (SSSR count). The van der Waals surface area contributed by atoms with Crippen LogP contribution in [-0.2, 0) is 0 Å². The second-order valence-electron chi connectivity index (χ2n) is 3.81. The molecule has 0 saturated heterocycles. The number of pyridine rings is 1. The zero-order valence-electron chi connectivity index (χ0n) is 8.49. The number of hydrogen-bond acceptors (Lipinski definition) is 2. The SMILES string of the molecule is CC(C)c1cccc2ccc(N)nc12. The molecule has 0 atom stereocenters. The number of nitrogen functional groups attached to an aromatic ring is 1. The van der Waals surface area contributed by atoms with E-state index >= 15 is 0 Å². The molecule has 0 bridgehead atoms. The van der Waals surface area contributed by atoms with E-state index < -0.39 is 0 Å². The Morgan fingerprint density at radius 2 is 1.93 bits per heavy atom. The van der Waals surface area contributed by atoms with E-state index in [1.807, 2.05) is 12.1 Å². The minimum atomic E-state index is 0.480. The Labute approximate surface area is 83.8 Å². The molecule has 1 aromatic heterocycles. The van der Waals surface area contributed by atoms with Gasteiger partial charge >= 0.3 is 0 Å². The number of nitrogens with zero attached hydrogens (tertiary/aromatic N) is 1. The van der Waals surface area contributed by atoms with E-state index in [2.05, 4.69) is 37.0 Å². The van der Waals surface area contributed by atoms with E-state index in [0.717, 1.165) is 10.9 Å². The first-order valence-electron chi connectivity index (χ1n) is 4.83. The minimum Gasteiger partial charge on any atom is -0.384 e. The van der Waals surface area contributed by atoms with Crippen LogP contribution in [0.2, 0.25) is 0 Å². The standard InChI is InChI=1S/C12H14N2/c1-8(2)10-5-3-4-9-6-7-11(13)14-12(9)10/h3-8H,1-2H3,(H2,13,14). The number of hydrogen-bond donors (Lipinski definition) is 1. The molecule has 0 aliphatic heterocycles. The van der Waals surface area contributed by atoms with Crippen molar-refractivity contribution in [3.05, 3.63) is 35.9 Å². The fraction of sp³-hybridized carbons (Fsp3) is 0.250. The Kier molecular flexibility index (Phi) is 2.12. The number of nitrogens with two attached hydrogens (primary N) is 1. The highest BCUT2D eigenvalue weighted by Crippen LogP contribution is 2.24. The number of benzene rings is 1. The quantitative estimate of drug-likeness (QED) is 0.743. The average Bonchev–Trinajstić information content (AvgIpc) is 2.16. The van der Waals surface area contributed by atoms with Gasteiger partial charge in [0, 0.05) is 5.39 Å². The lowest BCUT2D eigenvalue weighted by Gasteiger charge is -2.08. The zero-order valence-corrected chi connectivity index (χ0v) is 8.49. The number of rotatable bonds is 1. The number of para-hydroxylation sites is 1. The average molecular weight is 186 g/mol. The van der Waals surface area contributed by atoms with Crippen molar-refractivity contribution in [3.63, 3.8) is 0 Å². The lowest BCUT2D eigenvalue weighted by Crippen LogP contribution is -1.95. The highest BCUT2D eigenvalue weighted by atomic mass is 14.8. The van der Waals surface area contributed by atoms with Crippen LogP contribution >= 0.6 is 0 Å². The molecule has 72 valence electrons. The molecule has 0 saturated carbocycles. The van der Waals surface area contributed by atoms with Crippen molar-refractivity contribution in [1.29, 1.82) is 0 Å². The molecule has 0 unspecified atom stereocenters. The number of anilines is 1. The third-order valence-electron chi connectivity index (χ3n) is 2.40. The Morgan fingerprint density at radius 1 is 1.14 bits per heavy atom. The van der Waals surface area contributed by atoms with Gasteiger partial charge in [0.1, 0.15) is 5.82 Å². The van der Waals surface area contributed by atoms with Crippen LogP contribution in [0.15, 0.2) is 30.3 Å². The van der Waals surface area contributed by atoms with Crippen molar-refractivity contribution in [2.45, 2.75) is 19.8 Å². The van der Waals surface area contributed by atoms with Crippen LogP contribution in [0.1, 0.15) is 25.3 Å². The molecule has 0 aliphatic carbocycles. The van der Waals surface area contributed by atoms with E-state index in [9.17, 15) is 0 Å². The normalized spacial score (nSPS) is 11.1. The maximum Gasteiger partial charge on any atom is 0.124 e. The fourth-order valence-electron chi connectivity index (χ4n) is 1.65. The third kappa shape index (κ3) is 1.43. The Morgan fingerprint density at radius 3 is 2.64 bits per heavy atom. The van der Waals surface area contributed by atoms with Crippen molar-refractivity contribution in [3.8, 4) is 0 Å². The van der Waals surface area contributed by atoms with Crippen LogP contribution in [0.5, 0.6) is 0 Å². The number of aromatic nitrogens is 1. The van der Waals surface area contributed by atoms with Crippen LogP contribution in [-0.4, -0.2) is 4.98 Å². The molecule has 0 aliphatic rings. The van der Waals surface area contributed by atoms with Crippen molar-refractivity contribution in [1.82, 2.24) is 4.98 Å². The summed E-state index contributed by atoms with van der Waals surface area (Å²) in [4.78, 5) is 4.37. The summed E-state index contributed by atoms with van der Waals surface area (Å²) in [6, 6.07) is 10.1. The van der Waals surface area contributed by atoms with Gasteiger partial charge in [-0.1, -0.05) is 32.0 Å². The third-order valence-corrected chi connectivity index (χ3v) is 2.40. The summed E-state index contributed by atoms with van der Waals surface area (Å²) in [7, 11) is 0. The van der Waals surface area contributed by atoms with Crippen LogP contribution in [0.25, 0.3) is 10.9 Å². The molecular weight excluding hydrogens is 172 g/mol. The molecule has 0 radical (unpaired) electrons. The predicted octanol–water partition coefficient (Wildman–Crippen LogP) is 2.94. The molecule has 2 aromatic rings. The largest absolute Gasteiger partial charge is 0.384 e. The maximum atomic E-state index is 5.68. The van der Waals surface area contributed by atoms with Gasteiger partial charge in [-0.2, -0.15) is 0 Å². The molecular formula is C12H14N2. The van der Waals surface area contributed by atoms with E-state index in [1.165, 1.54) is 5.56 Å². The van der Waals surface area contributed by atoms with Gasteiger partial charge in [0.05, 0.1) is 5.52 Å². The second kappa shape index (κ2) is 3.29.